The summed E-state index contributed by atoms with van der Waals surface area (Å²) >= 11 is 1.83. The second-order valence-corrected chi connectivity index (χ2v) is 2.99. The molecule has 0 saturated heterocycles. The van der Waals surface area contributed by atoms with Gasteiger partial charge in [-0.05, 0) is 28.3 Å². The molecule has 0 atom stereocenters. The SMILES string of the molecule is CCC1c2cscc21. The lowest BCUT2D eigenvalue weighted by Crippen LogP contribution is -1.65. The molecule has 1 heteroatoms. The maximum absolute atomic E-state index is 2.27. The maximum Gasteiger partial charge on any atom is 0.0109 e. The van der Waals surface area contributed by atoms with Gasteiger partial charge >= 0.3 is 0 Å². The molecule has 0 spiro atoms. The fraction of sp³-hybridized carbons (Fsp3) is 0.429. The molecule has 0 radical (unpaired) electrons. The number of thiophene rings is 1. The molecule has 0 fully saturated rings. The van der Waals surface area contributed by atoms with Crippen LogP contribution in [0.3, 0.4) is 0 Å². The standard InChI is InChI=1S/C7H8S/c1-2-5-6-3-8-4-7(5)6/h3-5H,2H2,1H3. The van der Waals surface area contributed by atoms with Gasteiger partial charge in [-0.15, -0.1) is 0 Å². The van der Waals surface area contributed by atoms with E-state index in [9.17, 15) is 0 Å². The summed E-state index contributed by atoms with van der Waals surface area (Å²) in [5.74, 6) is 0.872. The molecule has 1 aliphatic rings. The van der Waals surface area contributed by atoms with Gasteiger partial charge in [-0.25, -0.2) is 0 Å². The van der Waals surface area contributed by atoms with Crippen LogP contribution in [0.4, 0.5) is 0 Å². The first-order valence-electron chi connectivity index (χ1n) is 2.99. The average Bonchev–Trinajstić information content (AvgIpc) is 2.22. The zero-order chi connectivity index (χ0) is 5.56. The summed E-state index contributed by atoms with van der Waals surface area (Å²) < 4.78 is 0. The molecule has 0 aromatic carbocycles. The van der Waals surface area contributed by atoms with Gasteiger partial charge in [0.05, 0.1) is 0 Å². The van der Waals surface area contributed by atoms with Gasteiger partial charge in [0.25, 0.3) is 0 Å². The van der Waals surface area contributed by atoms with Crippen LogP contribution in [0.15, 0.2) is 10.8 Å². The first-order chi connectivity index (χ1) is 3.93. The fourth-order valence-electron chi connectivity index (χ4n) is 1.23. The second kappa shape index (κ2) is 1.35. The van der Waals surface area contributed by atoms with Gasteiger partial charge < -0.3 is 0 Å². The molecule has 8 heavy (non-hydrogen) atoms. The van der Waals surface area contributed by atoms with Gasteiger partial charge in [0.15, 0.2) is 0 Å². The van der Waals surface area contributed by atoms with Crippen LogP contribution in [0.25, 0.3) is 0 Å². The first kappa shape index (κ1) is 4.57. The van der Waals surface area contributed by atoms with E-state index in [0.29, 0.717) is 0 Å². The Morgan fingerprint density at radius 1 is 1.50 bits per heavy atom. The third kappa shape index (κ3) is 0.402. The van der Waals surface area contributed by atoms with Crippen molar-refractivity contribution in [3.8, 4) is 0 Å². The van der Waals surface area contributed by atoms with Crippen molar-refractivity contribution in [2.24, 2.45) is 0 Å². The highest BCUT2D eigenvalue weighted by Crippen LogP contribution is 2.47. The summed E-state index contributed by atoms with van der Waals surface area (Å²) in [5.41, 5.74) is 3.22. The molecule has 1 aromatic heterocycles. The Kier molecular flexibility index (Phi) is 0.770. The smallest absolute Gasteiger partial charge is 0.0109 e. The molecule has 0 nitrogen and oxygen atoms in total. The predicted octanol–water partition coefficient (Wildman–Crippen LogP) is 2.60. The van der Waals surface area contributed by atoms with Gasteiger partial charge in [-0.1, -0.05) is 6.92 Å². The van der Waals surface area contributed by atoms with Crippen molar-refractivity contribution in [3.63, 3.8) is 0 Å². The molecule has 0 unspecified atom stereocenters. The number of hydrogen-bond donors (Lipinski definition) is 0. The molecule has 2 rings (SSSR count). The van der Waals surface area contributed by atoms with Crippen LogP contribution < -0.4 is 0 Å². The number of rotatable bonds is 1. The van der Waals surface area contributed by atoms with Crippen LogP contribution in [-0.2, 0) is 0 Å². The van der Waals surface area contributed by atoms with Gasteiger partial charge in [0.2, 0.25) is 0 Å². The highest BCUT2D eigenvalue weighted by atomic mass is 32.1. The Balaban J connectivity index is 2.30. The van der Waals surface area contributed by atoms with Crippen LogP contribution in [0.5, 0.6) is 0 Å². The van der Waals surface area contributed by atoms with Crippen molar-refractivity contribution in [3.05, 3.63) is 21.9 Å². The highest BCUT2D eigenvalue weighted by molar-refractivity contribution is 7.08. The fourth-order valence-corrected chi connectivity index (χ4v) is 2.19. The normalized spacial score (nSPS) is 16.1. The number of hydrogen-bond acceptors (Lipinski definition) is 1. The van der Waals surface area contributed by atoms with Crippen molar-refractivity contribution in [2.75, 3.05) is 0 Å². The summed E-state index contributed by atoms with van der Waals surface area (Å²) in [5, 5.41) is 4.53. The van der Waals surface area contributed by atoms with Gasteiger partial charge in [-0.3, -0.25) is 0 Å². The molecule has 0 amide bonds. The summed E-state index contributed by atoms with van der Waals surface area (Å²) in [6.07, 6.45) is 1.30. The van der Waals surface area contributed by atoms with E-state index < -0.39 is 0 Å². The van der Waals surface area contributed by atoms with Gasteiger partial charge in [0, 0.05) is 5.92 Å². The van der Waals surface area contributed by atoms with E-state index in [4.69, 9.17) is 0 Å². The zero-order valence-electron chi connectivity index (χ0n) is 4.85. The lowest BCUT2D eigenvalue weighted by atomic mass is 10.3. The molecular formula is C7H8S. The van der Waals surface area contributed by atoms with Gasteiger partial charge in [0.1, 0.15) is 0 Å². The van der Waals surface area contributed by atoms with E-state index in [1.54, 1.807) is 11.1 Å². The van der Waals surface area contributed by atoms with E-state index in [2.05, 4.69) is 17.7 Å². The van der Waals surface area contributed by atoms with Crippen molar-refractivity contribution in [2.45, 2.75) is 19.3 Å². The van der Waals surface area contributed by atoms with E-state index in [1.807, 2.05) is 11.3 Å². The summed E-state index contributed by atoms with van der Waals surface area (Å²) in [4.78, 5) is 0. The molecular weight excluding hydrogens is 116 g/mol. The van der Waals surface area contributed by atoms with Crippen LogP contribution in [0.2, 0.25) is 0 Å². The van der Waals surface area contributed by atoms with Gasteiger partial charge in [-0.2, -0.15) is 11.3 Å². The van der Waals surface area contributed by atoms with Crippen molar-refractivity contribution < 1.29 is 0 Å². The van der Waals surface area contributed by atoms with E-state index in [0.717, 1.165) is 5.92 Å². The largest absolute Gasteiger partial charge is 0.152 e. The third-order valence-corrected chi connectivity index (χ3v) is 2.58. The third-order valence-electron chi connectivity index (χ3n) is 1.80. The zero-order valence-corrected chi connectivity index (χ0v) is 5.66. The van der Waals surface area contributed by atoms with Crippen molar-refractivity contribution >= 4 is 11.3 Å². The molecule has 0 aliphatic heterocycles. The quantitative estimate of drug-likeness (QED) is 0.540. The monoisotopic (exact) mass is 124 g/mol. The summed E-state index contributed by atoms with van der Waals surface area (Å²) in [7, 11) is 0. The topological polar surface area (TPSA) is 0 Å². The van der Waals surface area contributed by atoms with Crippen LogP contribution in [0, 0.1) is 0 Å². The molecule has 42 valence electrons. The minimum atomic E-state index is 0.872. The average molecular weight is 124 g/mol. The summed E-state index contributed by atoms with van der Waals surface area (Å²) in [6.45, 7) is 2.25. The second-order valence-electron chi connectivity index (χ2n) is 2.24. The molecule has 0 bridgehead atoms. The summed E-state index contributed by atoms with van der Waals surface area (Å²) in [6, 6.07) is 0. The molecule has 1 heterocycles. The Hall–Kier alpha value is -0.300. The van der Waals surface area contributed by atoms with E-state index >= 15 is 0 Å². The minimum absolute atomic E-state index is 0.872. The van der Waals surface area contributed by atoms with E-state index in [-0.39, 0.29) is 0 Å². The van der Waals surface area contributed by atoms with Crippen molar-refractivity contribution in [1.29, 1.82) is 0 Å². The van der Waals surface area contributed by atoms with Crippen LogP contribution in [0.1, 0.15) is 30.4 Å². The Bertz CT molecular complexity index is 181. The van der Waals surface area contributed by atoms with Crippen molar-refractivity contribution in [1.82, 2.24) is 0 Å². The minimum Gasteiger partial charge on any atom is -0.152 e. The molecule has 0 saturated carbocycles. The maximum atomic E-state index is 2.27. The Labute approximate surface area is 53.2 Å². The Morgan fingerprint density at radius 3 is 2.50 bits per heavy atom. The molecule has 1 aliphatic carbocycles. The van der Waals surface area contributed by atoms with Crippen LogP contribution >= 0.6 is 11.3 Å². The molecule has 0 N–H and O–H groups in total. The van der Waals surface area contributed by atoms with Crippen LogP contribution in [-0.4, -0.2) is 0 Å². The van der Waals surface area contributed by atoms with E-state index in [1.165, 1.54) is 6.42 Å². The predicted molar refractivity (Wildman–Crippen MR) is 36.5 cm³/mol. The lowest BCUT2D eigenvalue weighted by molar-refractivity contribution is 0.908. The Morgan fingerprint density at radius 2 is 2.12 bits per heavy atom. The highest BCUT2D eigenvalue weighted by Gasteiger charge is 2.30. The lowest BCUT2D eigenvalue weighted by Gasteiger charge is -1.83. The number of fused-ring (bicyclic) bond motifs is 1. The first-order valence-corrected chi connectivity index (χ1v) is 3.93. The molecule has 1 aromatic rings.